The number of ketones is 1. The van der Waals surface area contributed by atoms with Crippen molar-refractivity contribution in [3.63, 3.8) is 0 Å². The molecule has 0 radical (unpaired) electrons. The predicted octanol–water partition coefficient (Wildman–Crippen LogP) is 2.79. The van der Waals surface area contributed by atoms with Gasteiger partial charge in [-0.05, 0) is 25.8 Å². The summed E-state index contributed by atoms with van der Waals surface area (Å²) < 4.78 is 16.9. The summed E-state index contributed by atoms with van der Waals surface area (Å²) in [5.74, 6) is 0.730. The lowest BCUT2D eigenvalue weighted by atomic mass is 10.1. The third-order valence-corrected chi connectivity index (χ3v) is 6.42. The minimum absolute atomic E-state index is 0.0974. The van der Waals surface area contributed by atoms with Crippen LogP contribution >= 0.6 is 23.1 Å². The van der Waals surface area contributed by atoms with E-state index in [0.717, 1.165) is 19.4 Å². The van der Waals surface area contributed by atoms with Gasteiger partial charge in [-0.1, -0.05) is 23.1 Å². The minimum atomic E-state index is -0.250. The highest BCUT2D eigenvalue weighted by molar-refractivity contribution is 8.01. The first-order valence-corrected chi connectivity index (χ1v) is 10.9. The summed E-state index contributed by atoms with van der Waals surface area (Å²) in [6, 6.07) is 3.20. The van der Waals surface area contributed by atoms with E-state index in [0.29, 0.717) is 38.8 Å². The van der Waals surface area contributed by atoms with E-state index in [1.807, 2.05) is 0 Å². The van der Waals surface area contributed by atoms with Crippen LogP contribution in [0.15, 0.2) is 16.5 Å². The highest BCUT2D eigenvalue weighted by Crippen LogP contribution is 2.37. The van der Waals surface area contributed by atoms with Crippen LogP contribution in [0.5, 0.6) is 11.5 Å². The third kappa shape index (κ3) is 4.98. The van der Waals surface area contributed by atoms with Crippen LogP contribution in [0.4, 0.5) is 10.8 Å². The lowest BCUT2D eigenvalue weighted by Gasteiger charge is -2.10. The average molecular weight is 437 g/mol. The minimum Gasteiger partial charge on any atom is -0.454 e. The number of anilines is 2. The second-order valence-electron chi connectivity index (χ2n) is 6.53. The lowest BCUT2D eigenvalue weighted by Crippen LogP contribution is -2.18. The summed E-state index contributed by atoms with van der Waals surface area (Å²) in [6.07, 6.45) is 2.36. The molecule has 9 nitrogen and oxygen atoms in total. The molecule has 1 amide bonds. The number of carbonyl (C=O) groups excluding carboxylic acids is 2. The molecule has 1 aromatic carbocycles. The van der Waals surface area contributed by atoms with E-state index < -0.39 is 0 Å². The molecule has 3 heterocycles. The Balaban J connectivity index is 1.31. The molecule has 11 heteroatoms. The number of nitrogens with zero attached hydrogens (tertiary/aromatic N) is 2. The first kappa shape index (κ1) is 19.9. The highest BCUT2D eigenvalue weighted by atomic mass is 32.2. The SMILES string of the molecule is CC(=O)c1cc2c(cc1NC(=O)CSc1nnc(NCC3CCCO3)s1)OCO2. The van der Waals surface area contributed by atoms with Gasteiger partial charge in [-0.25, -0.2) is 0 Å². The molecule has 1 aromatic heterocycles. The van der Waals surface area contributed by atoms with Crippen molar-refractivity contribution in [2.24, 2.45) is 0 Å². The Kier molecular flexibility index (Phi) is 6.16. The number of hydrogen-bond donors (Lipinski definition) is 2. The maximum atomic E-state index is 12.4. The molecule has 154 valence electrons. The number of nitrogens with one attached hydrogen (secondary N) is 2. The van der Waals surface area contributed by atoms with E-state index >= 15 is 0 Å². The van der Waals surface area contributed by atoms with E-state index in [4.69, 9.17) is 14.2 Å². The number of amides is 1. The summed E-state index contributed by atoms with van der Waals surface area (Å²) in [5, 5.41) is 14.9. The molecule has 0 saturated carbocycles. The molecule has 2 aromatic rings. The normalized spacial score (nSPS) is 17.3. The molecule has 29 heavy (non-hydrogen) atoms. The molecule has 1 unspecified atom stereocenters. The van der Waals surface area contributed by atoms with Crippen LogP contribution in [0.3, 0.4) is 0 Å². The van der Waals surface area contributed by atoms with Gasteiger partial charge in [0.05, 0.1) is 17.5 Å². The van der Waals surface area contributed by atoms with Crippen molar-refractivity contribution < 1.29 is 23.8 Å². The zero-order valence-electron chi connectivity index (χ0n) is 15.7. The fraction of sp³-hybridized carbons (Fsp3) is 0.444. The predicted molar refractivity (Wildman–Crippen MR) is 109 cm³/mol. The van der Waals surface area contributed by atoms with Gasteiger partial charge in [-0.15, -0.1) is 10.2 Å². The Hall–Kier alpha value is -2.37. The largest absolute Gasteiger partial charge is 0.454 e. The van der Waals surface area contributed by atoms with Crippen molar-refractivity contribution in [1.82, 2.24) is 10.2 Å². The second kappa shape index (κ2) is 8.97. The molecule has 1 atom stereocenters. The highest BCUT2D eigenvalue weighted by Gasteiger charge is 2.21. The average Bonchev–Trinajstić information content (AvgIpc) is 3.45. The van der Waals surface area contributed by atoms with E-state index in [2.05, 4.69) is 20.8 Å². The van der Waals surface area contributed by atoms with Crippen LogP contribution in [0.25, 0.3) is 0 Å². The maximum Gasteiger partial charge on any atom is 0.234 e. The van der Waals surface area contributed by atoms with Crippen molar-refractivity contribution >= 4 is 45.6 Å². The Morgan fingerprint density at radius 1 is 1.28 bits per heavy atom. The molecule has 2 aliphatic rings. The Labute approximate surface area is 175 Å². The van der Waals surface area contributed by atoms with Gasteiger partial charge in [0.2, 0.25) is 17.8 Å². The molecule has 4 rings (SSSR count). The molecule has 2 aliphatic heterocycles. The summed E-state index contributed by atoms with van der Waals surface area (Å²) in [6.45, 7) is 3.06. The second-order valence-corrected chi connectivity index (χ2v) is 8.73. The van der Waals surface area contributed by atoms with Crippen LogP contribution in [0, 0.1) is 0 Å². The number of carbonyl (C=O) groups is 2. The number of aromatic nitrogens is 2. The van der Waals surface area contributed by atoms with Crippen LogP contribution in [-0.4, -0.2) is 53.7 Å². The zero-order valence-corrected chi connectivity index (χ0v) is 17.4. The fourth-order valence-electron chi connectivity index (χ4n) is 3.00. The molecule has 0 spiro atoms. The summed E-state index contributed by atoms with van der Waals surface area (Å²) in [5.41, 5.74) is 0.785. The van der Waals surface area contributed by atoms with Crippen molar-refractivity contribution in [3.05, 3.63) is 17.7 Å². The summed E-state index contributed by atoms with van der Waals surface area (Å²) in [4.78, 5) is 24.3. The van der Waals surface area contributed by atoms with Gasteiger partial charge in [0.1, 0.15) is 0 Å². The van der Waals surface area contributed by atoms with Gasteiger partial charge in [-0.3, -0.25) is 9.59 Å². The summed E-state index contributed by atoms with van der Waals surface area (Å²) >= 11 is 2.68. The summed E-state index contributed by atoms with van der Waals surface area (Å²) in [7, 11) is 0. The first-order chi connectivity index (χ1) is 14.1. The fourth-order valence-corrected chi connectivity index (χ4v) is 4.56. The van der Waals surface area contributed by atoms with E-state index in [1.165, 1.54) is 30.0 Å². The number of thioether (sulfide) groups is 1. The van der Waals surface area contributed by atoms with Gasteiger partial charge >= 0.3 is 0 Å². The van der Waals surface area contributed by atoms with Crippen molar-refractivity contribution in [1.29, 1.82) is 0 Å². The van der Waals surface area contributed by atoms with Crippen molar-refractivity contribution in [3.8, 4) is 11.5 Å². The molecule has 1 fully saturated rings. The van der Waals surface area contributed by atoms with E-state index in [9.17, 15) is 9.59 Å². The van der Waals surface area contributed by atoms with Crippen molar-refractivity contribution in [2.45, 2.75) is 30.2 Å². The molecular formula is C18H20N4O5S2. The van der Waals surface area contributed by atoms with Crippen molar-refractivity contribution in [2.75, 3.05) is 36.3 Å². The number of ether oxygens (including phenoxy) is 3. The van der Waals surface area contributed by atoms with Gasteiger partial charge in [0.25, 0.3) is 0 Å². The number of rotatable bonds is 8. The van der Waals surface area contributed by atoms with Gasteiger partial charge in [-0.2, -0.15) is 0 Å². The van der Waals surface area contributed by atoms with Crippen LogP contribution in [0.1, 0.15) is 30.1 Å². The van der Waals surface area contributed by atoms with Crippen LogP contribution in [0.2, 0.25) is 0 Å². The topological polar surface area (TPSA) is 112 Å². The first-order valence-electron chi connectivity index (χ1n) is 9.14. The van der Waals surface area contributed by atoms with E-state index in [1.54, 1.807) is 12.1 Å². The molecule has 0 aliphatic carbocycles. The molecule has 1 saturated heterocycles. The smallest absolute Gasteiger partial charge is 0.234 e. The monoisotopic (exact) mass is 436 g/mol. The Bertz CT molecular complexity index is 914. The number of hydrogen-bond acceptors (Lipinski definition) is 10. The maximum absolute atomic E-state index is 12.4. The lowest BCUT2D eigenvalue weighted by molar-refractivity contribution is -0.113. The van der Waals surface area contributed by atoms with Crippen LogP contribution < -0.4 is 20.1 Å². The van der Waals surface area contributed by atoms with Gasteiger partial charge in [0.15, 0.2) is 21.6 Å². The molecule has 0 bridgehead atoms. The Morgan fingerprint density at radius 3 is 2.86 bits per heavy atom. The van der Waals surface area contributed by atoms with Crippen LogP contribution in [-0.2, 0) is 9.53 Å². The number of fused-ring (bicyclic) bond motifs is 1. The van der Waals surface area contributed by atoms with E-state index in [-0.39, 0.29) is 30.3 Å². The quantitative estimate of drug-likeness (QED) is 0.476. The molecular weight excluding hydrogens is 416 g/mol. The number of benzene rings is 1. The number of Topliss-reactive ketones (excluding diaryl/α,β-unsaturated/α-hetero) is 1. The zero-order chi connectivity index (χ0) is 20.2. The van der Waals surface area contributed by atoms with Gasteiger partial charge < -0.3 is 24.8 Å². The Morgan fingerprint density at radius 2 is 2.10 bits per heavy atom. The van der Waals surface area contributed by atoms with Gasteiger partial charge in [0, 0.05) is 24.8 Å². The molecule has 2 N–H and O–H groups in total. The third-order valence-electron chi connectivity index (χ3n) is 4.40. The standard InChI is InChI=1S/C18H20N4O5S2/c1-10(23)12-5-14-15(27-9-26-14)6-13(12)20-16(24)8-28-18-22-21-17(29-18)19-7-11-3-2-4-25-11/h5-6,11H,2-4,7-9H2,1H3,(H,19,21)(H,20,24).